The first-order valence-corrected chi connectivity index (χ1v) is 12.3. The summed E-state index contributed by atoms with van der Waals surface area (Å²) in [5, 5.41) is 2.90. The van der Waals surface area contributed by atoms with E-state index in [1.807, 2.05) is 6.26 Å². The predicted octanol–water partition coefficient (Wildman–Crippen LogP) is 1.96. The Labute approximate surface area is 174 Å². The molecule has 0 aliphatic carbocycles. The van der Waals surface area contributed by atoms with E-state index in [-0.39, 0.29) is 28.2 Å². The van der Waals surface area contributed by atoms with Crippen LogP contribution in [0, 0.1) is 5.92 Å². The maximum atomic E-state index is 13.1. The molecule has 3 heterocycles. The summed E-state index contributed by atoms with van der Waals surface area (Å²) >= 11 is 1.42. The number of amides is 1. The van der Waals surface area contributed by atoms with Gasteiger partial charge in [0.05, 0.1) is 16.3 Å². The molecule has 154 valence electrons. The van der Waals surface area contributed by atoms with Crippen LogP contribution in [0.25, 0.3) is 0 Å². The molecule has 1 aromatic heterocycles. The first-order valence-electron chi connectivity index (χ1n) is 9.48. The molecule has 4 rings (SSSR count). The minimum atomic E-state index is -3.61. The van der Waals surface area contributed by atoms with Gasteiger partial charge in [0.25, 0.3) is 5.56 Å². The summed E-state index contributed by atoms with van der Waals surface area (Å²) in [6.07, 6.45) is 2.65. The van der Waals surface area contributed by atoms with Crippen LogP contribution in [0.4, 0.5) is 5.69 Å². The van der Waals surface area contributed by atoms with Crippen molar-refractivity contribution in [1.82, 2.24) is 8.87 Å². The second-order valence-corrected chi connectivity index (χ2v) is 10.3. The van der Waals surface area contributed by atoms with Crippen LogP contribution in [-0.2, 0) is 21.4 Å². The van der Waals surface area contributed by atoms with E-state index in [9.17, 15) is 18.0 Å². The normalized spacial score (nSPS) is 21.4. The lowest BCUT2D eigenvalue weighted by Gasteiger charge is -2.42. The number of sulfonamides is 1. The van der Waals surface area contributed by atoms with Gasteiger partial charge in [0.15, 0.2) is 0 Å². The lowest BCUT2D eigenvalue weighted by atomic mass is 9.83. The molecule has 1 saturated heterocycles. The average Bonchev–Trinajstić information content (AvgIpc) is 2.71. The molecule has 1 N–H and O–H groups in total. The fourth-order valence-electron chi connectivity index (χ4n) is 4.33. The monoisotopic (exact) mass is 433 g/mol. The Bertz CT molecular complexity index is 1080. The molecule has 0 saturated carbocycles. The second kappa shape index (κ2) is 7.97. The predicted molar refractivity (Wildman–Crippen MR) is 114 cm³/mol. The van der Waals surface area contributed by atoms with Crippen molar-refractivity contribution in [3.63, 3.8) is 0 Å². The van der Waals surface area contributed by atoms with Crippen molar-refractivity contribution >= 4 is 33.4 Å². The minimum absolute atomic E-state index is 0.0644. The van der Waals surface area contributed by atoms with Crippen molar-refractivity contribution in [2.45, 2.75) is 23.8 Å². The molecular formula is C20H23N3O4S2. The van der Waals surface area contributed by atoms with E-state index in [1.54, 1.807) is 41.0 Å². The van der Waals surface area contributed by atoms with E-state index in [0.29, 0.717) is 31.1 Å². The molecule has 1 amide bonds. The van der Waals surface area contributed by atoms with E-state index in [2.05, 4.69) is 5.32 Å². The Morgan fingerprint density at radius 2 is 1.90 bits per heavy atom. The molecule has 9 heteroatoms. The molecule has 2 bridgehead atoms. The molecule has 2 aromatic rings. The number of rotatable bonds is 5. The van der Waals surface area contributed by atoms with E-state index in [4.69, 9.17) is 0 Å². The van der Waals surface area contributed by atoms with Crippen molar-refractivity contribution in [2.24, 2.45) is 5.92 Å². The second-order valence-electron chi connectivity index (χ2n) is 7.50. The molecule has 1 fully saturated rings. The van der Waals surface area contributed by atoms with Crippen LogP contribution in [0.3, 0.4) is 0 Å². The molecular weight excluding hydrogens is 410 g/mol. The van der Waals surface area contributed by atoms with Gasteiger partial charge in [-0.25, -0.2) is 8.42 Å². The fraction of sp³-hybridized carbons (Fsp3) is 0.400. The van der Waals surface area contributed by atoms with Crippen molar-refractivity contribution in [2.75, 3.05) is 30.4 Å². The van der Waals surface area contributed by atoms with Gasteiger partial charge in [-0.2, -0.15) is 16.1 Å². The number of carbonyl (C=O) groups is 1. The number of nitrogens with zero attached hydrogens (tertiary/aromatic N) is 2. The summed E-state index contributed by atoms with van der Waals surface area (Å²) in [5.41, 5.74) is 1.22. The van der Waals surface area contributed by atoms with E-state index in [0.717, 1.165) is 12.1 Å². The third kappa shape index (κ3) is 3.86. The van der Waals surface area contributed by atoms with Crippen LogP contribution >= 0.6 is 11.8 Å². The number of thioether (sulfide) groups is 1. The Balaban J connectivity index is 1.69. The Morgan fingerprint density at radius 3 is 2.62 bits per heavy atom. The smallest absolute Gasteiger partial charge is 0.250 e. The van der Waals surface area contributed by atoms with Crippen LogP contribution in [0.1, 0.15) is 18.0 Å². The maximum Gasteiger partial charge on any atom is 0.250 e. The van der Waals surface area contributed by atoms with Gasteiger partial charge in [-0.05, 0) is 36.8 Å². The van der Waals surface area contributed by atoms with Gasteiger partial charge >= 0.3 is 0 Å². The van der Waals surface area contributed by atoms with Crippen LogP contribution in [0.2, 0.25) is 0 Å². The number of anilines is 1. The maximum absolute atomic E-state index is 13.1. The molecule has 0 spiro atoms. The first-order chi connectivity index (χ1) is 13.9. The number of fused-ring (bicyclic) bond motifs is 4. The van der Waals surface area contributed by atoms with Gasteiger partial charge in [0.1, 0.15) is 0 Å². The van der Waals surface area contributed by atoms with Crippen molar-refractivity contribution in [1.29, 1.82) is 0 Å². The third-order valence-electron chi connectivity index (χ3n) is 5.49. The third-order valence-corrected chi connectivity index (χ3v) is 7.88. The minimum Gasteiger partial charge on any atom is -0.324 e. The number of hydrogen-bond acceptors (Lipinski definition) is 5. The average molecular weight is 434 g/mol. The topological polar surface area (TPSA) is 88.5 Å². The van der Waals surface area contributed by atoms with Crippen LogP contribution in [-0.4, -0.2) is 48.3 Å². The zero-order valence-corrected chi connectivity index (χ0v) is 17.7. The van der Waals surface area contributed by atoms with Gasteiger partial charge in [-0.1, -0.05) is 18.2 Å². The molecule has 29 heavy (non-hydrogen) atoms. The molecule has 2 atom stereocenters. The van der Waals surface area contributed by atoms with E-state index < -0.39 is 10.0 Å². The zero-order valence-electron chi connectivity index (χ0n) is 16.1. The van der Waals surface area contributed by atoms with E-state index in [1.165, 1.54) is 22.1 Å². The number of hydrogen-bond donors (Lipinski definition) is 1. The van der Waals surface area contributed by atoms with Crippen molar-refractivity contribution < 1.29 is 13.2 Å². The SMILES string of the molecule is CSCC(=O)Nc1ccc(=O)n2c1C1CC(CN(S(=O)(=O)c3ccccc3)C1)C2. The van der Waals surface area contributed by atoms with Crippen LogP contribution in [0.15, 0.2) is 52.2 Å². The largest absolute Gasteiger partial charge is 0.324 e. The van der Waals surface area contributed by atoms with Gasteiger partial charge < -0.3 is 9.88 Å². The van der Waals surface area contributed by atoms with Crippen molar-refractivity contribution in [3.05, 3.63) is 58.5 Å². The highest BCUT2D eigenvalue weighted by Gasteiger charge is 2.40. The van der Waals surface area contributed by atoms with Crippen LogP contribution < -0.4 is 10.9 Å². The van der Waals surface area contributed by atoms with Crippen molar-refractivity contribution in [3.8, 4) is 0 Å². The number of nitrogens with one attached hydrogen (secondary N) is 1. The summed E-state index contributed by atoms with van der Waals surface area (Å²) in [7, 11) is -3.61. The molecule has 2 unspecified atom stereocenters. The summed E-state index contributed by atoms with van der Waals surface area (Å²) in [4.78, 5) is 24.9. The van der Waals surface area contributed by atoms with Gasteiger partial charge in [0, 0.05) is 37.3 Å². The van der Waals surface area contributed by atoms with Gasteiger partial charge in [0.2, 0.25) is 15.9 Å². The molecule has 0 radical (unpaired) electrons. The highest BCUT2D eigenvalue weighted by atomic mass is 32.2. The zero-order chi connectivity index (χ0) is 20.6. The number of pyridine rings is 1. The molecule has 2 aliphatic rings. The number of benzene rings is 1. The van der Waals surface area contributed by atoms with Gasteiger partial charge in [-0.3, -0.25) is 9.59 Å². The highest BCUT2D eigenvalue weighted by molar-refractivity contribution is 7.99. The Kier molecular flexibility index (Phi) is 5.54. The number of carbonyl (C=O) groups excluding carboxylic acids is 1. The summed E-state index contributed by atoms with van der Waals surface area (Å²) in [6.45, 7) is 1.14. The van der Waals surface area contributed by atoms with Crippen LogP contribution in [0.5, 0.6) is 0 Å². The Morgan fingerprint density at radius 1 is 1.14 bits per heavy atom. The number of piperidine rings is 1. The Hall–Kier alpha value is -2.10. The number of aromatic nitrogens is 1. The quantitative estimate of drug-likeness (QED) is 0.779. The molecule has 7 nitrogen and oxygen atoms in total. The lowest BCUT2D eigenvalue weighted by molar-refractivity contribution is -0.113. The fourth-order valence-corrected chi connectivity index (χ4v) is 6.25. The molecule has 1 aromatic carbocycles. The standard InChI is InChI=1S/C20H23N3O4S2/c1-28-13-18(24)21-17-7-8-19(25)23-11-14-9-15(20(17)23)12-22(10-14)29(26,27)16-5-3-2-4-6-16/h2-8,14-15H,9-13H2,1H3,(H,21,24). The molecule has 2 aliphatic heterocycles. The first kappa shape index (κ1) is 20.2. The van der Waals surface area contributed by atoms with E-state index >= 15 is 0 Å². The van der Waals surface area contributed by atoms with Gasteiger partial charge in [-0.15, -0.1) is 0 Å². The summed E-state index contributed by atoms with van der Waals surface area (Å²) in [5.74, 6) is 0.111. The summed E-state index contributed by atoms with van der Waals surface area (Å²) in [6, 6.07) is 11.5. The summed E-state index contributed by atoms with van der Waals surface area (Å²) < 4.78 is 29.5. The highest BCUT2D eigenvalue weighted by Crippen LogP contribution is 2.40. The lowest BCUT2D eigenvalue weighted by Crippen LogP contribution is -2.49.